The zero-order valence-corrected chi connectivity index (χ0v) is 16.5. The van der Waals surface area contributed by atoms with Crippen molar-refractivity contribution >= 4 is 27.5 Å². The van der Waals surface area contributed by atoms with Gasteiger partial charge in [0.15, 0.2) is 0 Å². The minimum Gasteiger partial charge on any atom is -0.280 e. The summed E-state index contributed by atoms with van der Waals surface area (Å²) in [5, 5.41) is 0. The molecule has 3 aromatic rings. The largest absolute Gasteiger partial charge is 0.280 e. The van der Waals surface area contributed by atoms with E-state index < -0.39 is 27.7 Å². The number of hydrogen-bond acceptors (Lipinski definition) is 5. The molecule has 2 aromatic carbocycles. The van der Waals surface area contributed by atoms with Crippen molar-refractivity contribution in [2.45, 2.75) is 11.8 Å². The zero-order valence-electron chi connectivity index (χ0n) is 15.7. The minimum atomic E-state index is -4.02. The van der Waals surface area contributed by atoms with E-state index in [1.807, 2.05) is 0 Å². The number of nitrogens with one attached hydrogen (secondary N) is 3. The Morgan fingerprint density at radius 3 is 2.33 bits per heavy atom. The van der Waals surface area contributed by atoms with E-state index in [1.165, 1.54) is 48.8 Å². The molecule has 0 aliphatic heterocycles. The molecule has 30 heavy (non-hydrogen) atoms. The fraction of sp³-hybridized carbons (Fsp3) is 0.0500. The van der Waals surface area contributed by atoms with E-state index in [0.717, 1.165) is 12.1 Å². The third-order valence-electron chi connectivity index (χ3n) is 4.07. The lowest BCUT2D eigenvalue weighted by molar-refractivity contribution is 0.0846. The molecule has 0 spiro atoms. The third-order valence-corrected chi connectivity index (χ3v) is 5.45. The molecule has 154 valence electrons. The van der Waals surface area contributed by atoms with Crippen LogP contribution in [-0.2, 0) is 10.0 Å². The SMILES string of the molecule is Cc1ccc(S(=O)(=O)Nc2ccc(F)cc2)cc1C(=O)NNC(=O)c1cccnc1. The topological polar surface area (TPSA) is 117 Å². The van der Waals surface area contributed by atoms with Gasteiger partial charge in [0.05, 0.1) is 10.5 Å². The molecule has 0 aliphatic carbocycles. The number of carbonyl (C=O) groups is 2. The second-order valence-corrected chi connectivity index (χ2v) is 7.92. The highest BCUT2D eigenvalue weighted by molar-refractivity contribution is 7.92. The lowest BCUT2D eigenvalue weighted by Crippen LogP contribution is -2.42. The van der Waals surface area contributed by atoms with Gasteiger partial charge in [-0.05, 0) is 61.0 Å². The number of carbonyl (C=O) groups excluding carboxylic acids is 2. The molecule has 0 saturated carbocycles. The quantitative estimate of drug-likeness (QED) is 0.540. The fourth-order valence-electron chi connectivity index (χ4n) is 2.50. The van der Waals surface area contributed by atoms with Crippen LogP contribution in [-0.4, -0.2) is 25.2 Å². The first kappa shape index (κ1) is 20.9. The van der Waals surface area contributed by atoms with Crippen molar-refractivity contribution in [2.75, 3.05) is 4.72 Å². The van der Waals surface area contributed by atoms with Crippen LogP contribution in [0.2, 0.25) is 0 Å². The zero-order chi connectivity index (χ0) is 21.7. The van der Waals surface area contributed by atoms with Gasteiger partial charge < -0.3 is 0 Å². The minimum absolute atomic E-state index is 0.0588. The molecule has 0 radical (unpaired) electrons. The first-order valence-corrected chi connectivity index (χ1v) is 10.1. The predicted octanol–water partition coefficient (Wildman–Crippen LogP) is 2.40. The van der Waals surface area contributed by atoms with Gasteiger partial charge >= 0.3 is 0 Å². The number of amides is 2. The molecular formula is C20H17FN4O4S. The maximum absolute atomic E-state index is 13.0. The molecule has 1 aromatic heterocycles. The molecule has 3 rings (SSSR count). The van der Waals surface area contributed by atoms with Crippen LogP contribution in [0.15, 0.2) is 71.9 Å². The number of nitrogens with zero attached hydrogens (tertiary/aromatic N) is 1. The number of halogens is 1. The normalized spacial score (nSPS) is 10.9. The van der Waals surface area contributed by atoms with Gasteiger partial charge in [-0.3, -0.25) is 30.1 Å². The average Bonchev–Trinajstić information content (AvgIpc) is 2.74. The number of aromatic nitrogens is 1. The van der Waals surface area contributed by atoms with Crippen LogP contribution >= 0.6 is 0 Å². The average molecular weight is 428 g/mol. The summed E-state index contributed by atoms with van der Waals surface area (Å²) in [6.07, 6.45) is 2.84. The Labute approximate surface area is 172 Å². The van der Waals surface area contributed by atoms with E-state index in [4.69, 9.17) is 0 Å². The summed E-state index contributed by atoms with van der Waals surface area (Å²) in [6.45, 7) is 1.63. The number of sulfonamides is 1. The molecule has 1 heterocycles. The van der Waals surface area contributed by atoms with E-state index in [9.17, 15) is 22.4 Å². The molecule has 8 nitrogen and oxygen atoms in total. The van der Waals surface area contributed by atoms with Crippen molar-refractivity contribution in [3.05, 3.63) is 89.5 Å². The van der Waals surface area contributed by atoms with Crippen molar-refractivity contribution in [1.29, 1.82) is 0 Å². The number of hydrazine groups is 1. The van der Waals surface area contributed by atoms with Gasteiger partial charge in [-0.1, -0.05) is 6.07 Å². The second-order valence-electron chi connectivity index (χ2n) is 6.24. The first-order chi connectivity index (χ1) is 14.3. The smallest absolute Gasteiger partial charge is 0.271 e. The van der Waals surface area contributed by atoms with Crippen LogP contribution < -0.4 is 15.6 Å². The second kappa shape index (κ2) is 8.70. The lowest BCUT2D eigenvalue weighted by atomic mass is 10.1. The number of hydrogen-bond donors (Lipinski definition) is 3. The highest BCUT2D eigenvalue weighted by Gasteiger charge is 2.19. The van der Waals surface area contributed by atoms with Crippen LogP contribution in [0.3, 0.4) is 0 Å². The highest BCUT2D eigenvalue weighted by atomic mass is 32.2. The fourth-order valence-corrected chi connectivity index (χ4v) is 3.58. The van der Waals surface area contributed by atoms with E-state index in [0.29, 0.717) is 5.56 Å². The number of rotatable bonds is 5. The molecule has 0 bridgehead atoms. The number of pyridine rings is 1. The highest BCUT2D eigenvalue weighted by Crippen LogP contribution is 2.19. The van der Waals surface area contributed by atoms with E-state index in [1.54, 1.807) is 13.0 Å². The predicted molar refractivity (Wildman–Crippen MR) is 108 cm³/mol. The summed E-state index contributed by atoms with van der Waals surface area (Å²) in [4.78, 5) is 28.1. The van der Waals surface area contributed by atoms with Gasteiger partial charge in [0.25, 0.3) is 21.8 Å². The first-order valence-electron chi connectivity index (χ1n) is 8.66. The third kappa shape index (κ3) is 4.97. The Morgan fingerprint density at radius 2 is 1.67 bits per heavy atom. The summed E-state index contributed by atoms with van der Waals surface area (Å²) in [7, 11) is -4.02. The van der Waals surface area contributed by atoms with Crippen LogP contribution in [0, 0.1) is 12.7 Å². The van der Waals surface area contributed by atoms with Crippen LogP contribution in [0.4, 0.5) is 10.1 Å². The van der Waals surface area contributed by atoms with Gasteiger partial charge in [0.1, 0.15) is 5.82 Å². The molecular weight excluding hydrogens is 411 g/mol. The van der Waals surface area contributed by atoms with Gasteiger partial charge in [0.2, 0.25) is 0 Å². The van der Waals surface area contributed by atoms with Gasteiger partial charge in [-0.25, -0.2) is 12.8 Å². The number of anilines is 1. The Balaban J connectivity index is 1.76. The van der Waals surface area contributed by atoms with Gasteiger partial charge in [-0.15, -0.1) is 0 Å². The van der Waals surface area contributed by atoms with E-state index in [2.05, 4.69) is 20.6 Å². The summed E-state index contributed by atoms with van der Waals surface area (Å²) < 4.78 is 40.5. The van der Waals surface area contributed by atoms with E-state index >= 15 is 0 Å². The van der Waals surface area contributed by atoms with Crippen molar-refractivity contribution in [3.8, 4) is 0 Å². The van der Waals surface area contributed by atoms with Gasteiger partial charge in [-0.2, -0.15) is 0 Å². The summed E-state index contributed by atoms with van der Waals surface area (Å²) in [5.41, 5.74) is 5.48. The summed E-state index contributed by atoms with van der Waals surface area (Å²) in [6, 6.07) is 11.9. The molecule has 0 fully saturated rings. The maximum Gasteiger partial charge on any atom is 0.271 e. The molecule has 2 amide bonds. The molecule has 0 saturated heterocycles. The summed E-state index contributed by atoms with van der Waals surface area (Å²) in [5.74, 6) is -1.76. The molecule has 10 heteroatoms. The number of aryl methyl sites for hydroxylation is 1. The standard InChI is InChI=1S/C20H17FN4O4S/c1-13-4-9-17(30(28,29)25-16-7-5-15(21)6-8-16)11-18(13)20(27)24-23-19(26)14-3-2-10-22-12-14/h2-12,25H,1H3,(H,23,26)(H,24,27). The Kier molecular flexibility index (Phi) is 6.07. The van der Waals surface area contributed by atoms with Crippen molar-refractivity contribution in [1.82, 2.24) is 15.8 Å². The van der Waals surface area contributed by atoms with E-state index in [-0.39, 0.29) is 21.7 Å². The lowest BCUT2D eigenvalue weighted by Gasteiger charge is -2.12. The van der Waals surface area contributed by atoms with Crippen LogP contribution in [0.5, 0.6) is 0 Å². The van der Waals surface area contributed by atoms with Crippen molar-refractivity contribution in [2.24, 2.45) is 0 Å². The monoisotopic (exact) mass is 428 g/mol. The Morgan fingerprint density at radius 1 is 0.967 bits per heavy atom. The van der Waals surface area contributed by atoms with Gasteiger partial charge in [0, 0.05) is 23.6 Å². The molecule has 3 N–H and O–H groups in total. The summed E-state index contributed by atoms with van der Waals surface area (Å²) >= 11 is 0. The van der Waals surface area contributed by atoms with Crippen LogP contribution in [0.25, 0.3) is 0 Å². The molecule has 0 atom stereocenters. The van der Waals surface area contributed by atoms with Crippen molar-refractivity contribution in [3.63, 3.8) is 0 Å². The van der Waals surface area contributed by atoms with Crippen molar-refractivity contribution < 1.29 is 22.4 Å². The van der Waals surface area contributed by atoms with Crippen LogP contribution in [0.1, 0.15) is 26.3 Å². The number of benzene rings is 2. The Bertz CT molecular complexity index is 1180. The molecule has 0 aliphatic rings. The molecule has 0 unspecified atom stereocenters. The maximum atomic E-state index is 13.0. The Hall–Kier alpha value is -3.79.